The summed E-state index contributed by atoms with van der Waals surface area (Å²) in [4.78, 5) is 24.4. The molecule has 2 rings (SSSR count). The van der Waals surface area contributed by atoms with Crippen LogP contribution in [0.5, 0.6) is 0 Å². The van der Waals surface area contributed by atoms with E-state index in [1.165, 1.54) is 13.8 Å². The smallest absolute Gasteiger partial charge is 0.303 e. The van der Waals surface area contributed by atoms with Crippen LogP contribution in [0.1, 0.15) is 53.9 Å². The maximum atomic E-state index is 12.9. The van der Waals surface area contributed by atoms with Crippen LogP contribution < -0.4 is 0 Å². The van der Waals surface area contributed by atoms with Crippen molar-refractivity contribution in [3.63, 3.8) is 0 Å². The van der Waals surface area contributed by atoms with Gasteiger partial charge in [0, 0.05) is 18.4 Å². The summed E-state index contributed by atoms with van der Waals surface area (Å²) < 4.78 is 5.30. The largest absolute Gasteiger partial charge is 0.459 e. The molecule has 124 valence electrons. The second-order valence-electron chi connectivity index (χ2n) is 7.21. The molecule has 0 aromatic heterocycles. The van der Waals surface area contributed by atoms with Crippen LogP contribution in [-0.2, 0) is 14.3 Å². The molecule has 22 heavy (non-hydrogen) atoms. The van der Waals surface area contributed by atoms with Crippen LogP contribution in [-0.4, -0.2) is 39.3 Å². The number of rotatable bonds is 2. The van der Waals surface area contributed by atoms with Crippen LogP contribution in [0.3, 0.4) is 0 Å². The van der Waals surface area contributed by atoms with Crippen molar-refractivity contribution in [2.75, 3.05) is 0 Å². The van der Waals surface area contributed by atoms with Gasteiger partial charge in [-0.05, 0) is 39.0 Å². The van der Waals surface area contributed by atoms with Gasteiger partial charge in [0.25, 0.3) is 0 Å². The van der Waals surface area contributed by atoms with Crippen molar-refractivity contribution in [3.8, 4) is 0 Å². The number of aliphatic hydroxyl groups is 2. The first-order valence-corrected chi connectivity index (χ1v) is 7.88. The van der Waals surface area contributed by atoms with Crippen molar-refractivity contribution in [2.45, 2.75) is 71.2 Å². The summed E-state index contributed by atoms with van der Waals surface area (Å²) in [5.41, 5.74) is -2.20. The van der Waals surface area contributed by atoms with Crippen LogP contribution in [0.2, 0.25) is 0 Å². The number of allylic oxidation sites excluding steroid dienone is 1. The third-order valence-electron chi connectivity index (χ3n) is 5.33. The molecule has 1 fully saturated rings. The van der Waals surface area contributed by atoms with E-state index in [0.29, 0.717) is 12.0 Å². The molecule has 0 aromatic rings. The predicted octanol–water partition coefficient (Wildman–Crippen LogP) is 1.76. The standard InChI is InChI=1S/C17H26O5/c1-9(2)12-8-13(22-11(4)18)16(5,20)17(21)7-6-10(3)14(17)15(12)19/h9,12-13,20-21H,6-8H2,1-5H3/t12-,13-,16-,17-/m0/s1. The Morgan fingerprint density at radius 3 is 2.45 bits per heavy atom. The lowest BCUT2D eigenvalue weighted by atomic mass is 9.76. The Morgan fingerprint density at radius 2 is 1.95 bits per heavy atom. The summed E-state index contributed by atoms with van der Waals surface area (Å²) in [5.74, 6) is -0.995. The Morgan fingerprint density at radius 1 is 1.36 bits per heavy atom. The summed E-state index contributed by atoms with van der Waals surface area (Å²) in [7, 11) is 0. The summed E-state index contributed by atoms with van der Waals surface area (Å²) >= 11 is 0. The zero-order chi connectivity index (χ0) is 16.9. The molecule has 0 unspecified atom stereocenters. The molecular formula is C17H26O5. The monoisotopic (exact) mass is 310 g/mol. The number of carbonyl (C=O) groups excluding carboxylic acids is 2. The molecule has 0 saturated heterocycles. The topological polar surface area (TPSA) is 83.8 Å². The molecule has 0 aliphatic heterocycles. The quantitative estimate of drug-likeness (QED) is 0.759. The van der Waals surface area contributed by atoms with Gasteiger partial charge in [0.15, 0.2) is 5.78 Å². The van der Waals surface area contributed by atoms with Crippen molar-refractivity contribution in [2.24, 2.45) is 11.8 Å². The fraction of sp³-hybridized carbons (Fsp3) is 0.765. The summed E-state index contributed by atoms with van der Waals surface area (Å²) in [5, 5.41) is 22.1. The third kappa shape index (κ3) is 2.40. The molecule has 0 bridgehead atoms. The van der Waals surface area contributed by atoms with E-state index in [1.807, 2.05) is 20.8 Å². The predicted molar refractivity (Wildman–Crippen MR) is 81.0 cm³/mol. The second kappa shape index (κ2) is 5.46. The molecule has 0 radical (unpaired) electrons. The highest BCUT2D eigenvalue weighted by molar-refractivity contribution is 6.01. The fourth-order valence-electron chi connectivity index (χ4n) is 3.85. The summed E-state index contributed by atoms with van der Waals surface area (Å²) in [6, 6.07) is 0. The van der Waals surface area contributed by atoms with Gasteiger partial charge in [0.1, 0.15) is 17.3 Å². The van der Waals surface area contributed by atoms with Gasteiger partial charge >= 0.3 is 5.97 Å². The molecule has 4 atom stereocenters. The average Bonchev–Trinajstić information content (AvgIpc) is 2.67. The van der Waals surface area contributed by atoms with E-state index in [0.717, 1.165) is 5.57 Å². The number of carbonyl (C=O) groups is 2. The first-order valence-electron chi connectivity index (χ1n) is 7.88. The average molecular weight is 310 g/mol. The SMILES string of the molecule is CC(=O)O[C@H]1C[C@@H](C(C)C)C(=O)C2=C(C)CC[C@@]2(O)[C@@]1(C)O. The van der Waals surface area contributed by atoms with Crippen LogP contribution in [0.4, 0.5) is 0 Å². The zero-order valence-electron chi connectivity index (χ0n) is 14.0. The maximum Gasteiger partial charge on any atom is 0.303 e. The van der Waals surface area contributed by atoms with E-state index in [9.17, 15) is 19.8 Å². The maximum absolute atomic E-state index is 12.9. The summed E-state index contributed by atoms with van der Waals surface area (Å²) in [6.07, 6.45) is 0.151. The lowest BCUT2D eigenvalue weighted by Crippen LogP contribution is -2.59. The first kappa shape index (κ1) is 17.2. The van der Waals surface area contributed by atoms with Gasteiger partial charge in [-0.25, -0.2) is 0 Å². The van der Waals surface area contributed by atoms with E-state index < -0.39 is 23.3 Å². The van der Waals surface area contributed by atoms with Gasteiger partial charge in [-0.3, -0.25) is 9.59 Å². The molecule has 0 aromatic carbocycles. The van der Waals surface area contributed by atoms with Gasteiger partial charge in [-0.2, -0.15) is 0 Å². The van der Waals surface area contributed by atoms with E-state index in [2.05, 4.69) is 0 Å². The highest BCUT2D eigenvalue weighted by Gasteiger charge is 2.61. The minimum absolute atomic E-state index is 0.0320. The third-order valence-corrected chi connectivity index (χ3v) is 5.33. The van der Waals surface area contributed by atoms with Crippen molar-refractivity contribution in [1.29, 1.82) is 0 Å². The Labute approximate surface area is 131 Å². The highest BCUT2D eigenvalue weighted by atomic mass is 16.6. The molecule has 2 N–H and O–H groups in total. The van der Waals surface area contributed by atoms with Crippen LogP contribution in [0.15, 0.2) is 11.1 Å². The molecule has 5 heteroatoms. The van der Waals surface area contributed by atoms with Gasteiger partial charge in [-0.1, -0.05) is 19.4 Å². The van der Waals surface area contributed by atoms with E-state index in [1.54, 1.807) is 0 Å². The van der Waals surface area contributed by atoms with Crippen LogP contribution >= 0.6 is 0 Å². The van der Waals surface area contributed by atoms with E-state index in [4.69, 9.17) is 4.74 Å². The van der Waals surface area contributed by atoms with Gasteiger partial charge in [-0.15, -0.1) is 0 Å². The van der Waals surface area contributed by atoms with Crippen LogP contribution in [0, 0.1) is 11.8 Å². The lowest BCUT2D eigenvalue weighted by Gasteiger charge is -2.42. The van der Waals surface area contributed by atoms with Crippen molar-refractivity contribution in [3.05, 3.63) is 11.1 Å². The fourth-order valence-corrected chi connectivity index (χ4v) is 3.85. The second-order valence-corrected chi connectivity index (χ2v) is 7.21. The zero-order valence-corrected chi connectivity index (χ0v) is 14.0. The minimum Gasteiger partial charge on any atom is -0.459 e. The molecule has 2 aliphatic carbocycles. The number of fused-ring (bicyclic) bond motifs is 1. The molecule has 1 saturated carbocycles. The number of Topliss-reactive ketones (excluding diaryl/α,β-unsaturated/α-hetero) is 1. The molecule has 0 heterocycles. The number of esters is 1. The Bertz CT molecular complexity index is 531. The number of hydrogen-bond donors (Lipinski definition) is 2. The number of ketones is 1. The summed E-state index contributed by atoms with van der Waals surface area (Å²) in [6.45, 7) is 8.42. The minimum atomic E-state index is -1.69. The number of ether oxygens (including phenoxy) is 1. The van der Waals surface area contributed by atoms with Crippen molar-refractivity contribution < 1.29 is 24.5 Å². The molecule has 0 spiro atoms. The highest BCUT2D eigenvalue weighted by Crippen LogP contribution is 2.50. The van der Waals surface area contributed by atoms with Gasteiger partial charge in [0.05, 0.1) is 0 Å². The Balaban J connectivity index is 2.60. The van der Waals surface area contributed by atoms with Gasteiger partial charge in [0.2, 0.25) is 0 Å². The normalized spacial score (nSPS) is 39.0. The molecular weight excluding hydrogens is 284 g/mol. The van der Waals surface area contributed by atoms with E-state index >= 15 is 0 Å². The van der Waals surface area contributed by atoms with E-state index in [-0.39, 0.29) is 30.5 Å². The molecule has 5 nitrogen and oxygen atoms in total. The Kier molecular flexibility index (Phi) is 4.26. The van der Waals surface area contributed by atoms with Crippen LogP contribution in [0.25, 0.3) is 0 Å². The molecule has 0 amide bonds. The lowest BCUT2D eigenvalue weighted by molar-refractivity contribution is -0.195. The van der Waals surface area contributed by atoms with Crippen molar-refractivity contribution >= 4 is 11.8 Å². The molecule has 2 aliphatic rings. The Hall–Kier alpha value is -1.20. The first-order chi connectivity index (χ1) is 10.0. The number of hydrogen-bond acceptors (Lipinski definition) is 5. The van der Waals surface area contributed by atoms with Crippen molar-refractivity contribution in [1.82, 2.24) is 0 Å². The van der Waals surface area contributed by atoms with Gasteiger partial charge < -0.3 is 14.9 Å².